The highest BCUT2D eigenvalue weighted by Crippen LogP contribution is 2.23. The molecule has 3 aromatic rings. The third-order valence-electron chi connectivity index (χ3n) is 3.45. The van der Waals surface area contributed by atoms with Gasteiger partial charge in [0.25, 0.3) is 0 Å². The molecule has 0 saturated heterocycles. The Morgan fingerprint density at radius 3 is 2.55 bits per heavy atom. The highest BCUT2D eigenvalue weighted by molar-refractivity contribution is 5.76. The van der Waals surface area contributed by atoms with Crippen LogP contribution in [0.5, 0.6) is 0 Å². The van der Waals surface area contributed by atoms with E-state index in [4.69, 9.17) is 0 Å². The van der Waals surface area contributed by atoms with E-state index in [1.165, 1.54) is 6.07 Å². The first-order valence-corrected chi connectivity index (χ1v) is 6.59. The third kappa shape index (κ3) is 2.13. The van der Waals surface area contributed by atoms with Gasteiger partial charge in [-0.1, -0.05) is 24.3 Å². The number of anilines is 1. The molecule has 2 aromatic carbocycles. The van der Waals surface area contributed by atoms with Crippen LogP contribution in [0, 0.1) is 5.82 Å². The van der Waals surface area contributed by atoms with Crippen LogP contribution in [0.15, 0.2) is 48.5 Å². The van der Waals surface area contributed by atoms with Crippen LogP contribution in [-0.4, -0.2) is 9.55 Å². The normalized spacial score (nSPS) is 12.6. The lowest BCUT2D eigenvalue weighted by Gasteiger charge is -2.15. The van der Waals surface area contributed by atoms with Crippen molar-refractivity contribution in [2.75, 3.05) is 5.32 Å². The predicted molar refractivity (Wildman–Crippen MR) is 79.2 cm³/mol. The largest absolute Gasteiger partial charge is 0.373 e. The van der Waals surface area contributed by atoms with Crippen molar-refractivity contribution in [3.05, 3.63) is 60.2 Å². The van der Waals surface area contributed by atoms with Gasteiger partial charge in [0, 0.05) is 7.05 Å². The van der Waals surface area contributed by atoms with Crippen molar-refractivity contribution in [3.63, 3.8) is 0 Å². The number of hydrogen-bond acceptors (Lipinski definition) is 2. The minimum Gasteiger partial charge on any atom is -0.373 e. The molecular weight excluding hydrogens is 253 g/mol. The highest BCUT2D eigenvalue weighted by atomic mass is 19.1. The third-order valence-corrected chi connectivity index (χ3v) is 3.45. The van der Waals surface area contributed by atoms with E-state index < -0.39 is 0 Å². The summed E-state index contributed by atoms with van der Waals surface area (Å²) in [5.41, 5.74) is 2.52. The molecule has 1 heterocycles. The summed E-state index contributed by atoms with van der Waals surface area (Å²) >= 11 is 0. The van der Waals surface area contributed by atoms with Gasteiger partial charge in [0.15, 0.2) is 0 Å². The van der Waals surface area contributed by atoms with Gasteiger partial charge in [-0.05, 0) is 31.2 Å². The first-order chi connectivity index (χ1) is 9.66. The van der Waals surface area contributed by atoms with Crippen molar-refractivity contribution < 1.29 is 4.39 Å². The summed E-state index contributed by atoms with van der Waals surface area (Å²) in [7, 11) is 1.98. The number of fused-ring (bicyclic) bond motifs is 1. The molecule has 0 radical (unpaired) electrons. The Labute approximate surface area is 117 Å². The Kier molecular flexibility index (Phi) is 3.14. The fraction of sp³-hybridized carbons (Fsp3) is 0.188. The van der Waals surface area contributed by atoms with Crippen molar-refractivity contribution in [2.24, 2.45) is 7.05 Å². The van der Waals surface area contributed by atoms with Gasteiger partial charge in [-0.25, -0.2) is 9.37 Å². The Hall–Kier alpha value is -2.36. The van der Waals surface area contributed by atoms with E-state index >= 15 is 0 Å². The molecule has 1 N–H and O–H groups in total. The molecule has 1 unspecified atom stereocenters. The summed E-state index contributed by atoms with van der Waals surface area (Å²) in [5.74, 6) is 0.632. The molecular formula is C16H16FN3. The lowest BCUT2D eigenvalue weighted by Crippen LogP contribution is -2.12. The molecule has 0 aliphatic heterocycles. The fourth-order valence-electron chi connectivity index (χ4n) is 2.43. The molecule has 0 aliphatic rings. The van der Waals surface area contributed by atoms with E-state index in [-0.39, 0.29) is 11.9 Å². The van der Waals surface area contributed by atoms with E-state index in [1.807, 2.05) is 48.9 Å². The van der Waals surface area contributed by atoms with E-state index in [0.29, 0.717) is 5.69 Å². The molecule has 1 atom stereocenters. The Bertz CT molecular complexity index is 748. The number of nitrogens with one attached hydrogen (secondary N) is 1. The molecule has 0 bridgehead atoms. The lowest BCUT2D eigenvalue weighted by atomic mass is 10.2. The van der Waals surface area contributed by atoms with Crippen LogP contribution in [0.4, 0.5) is 10.1 Å². The molecule has 3 nitrogen and oxygen atoms in total. The van der Waals surface area contributed by atoms with Crippen LogP contribution in [0.2, 0.25) is 0 Å². The Balaban J connectivity index is 1.95. The maximum absolute atomic E-state index is 13.7. The topological polar surface area (TPSA) is 29.9 Å². The van der Waals surface area contributed by atoms with Crippen LogP contribution >= 0.6 is 0 Å². The molecule has 102 valence electrons. The van der Waals surface area contributed by atoms with Gasteiger partial charge in [0.05, 0.1) is 22.8 Å². The second-order valence-corrected chi connectivity index (χ2v) is 4.86. The molecule has 1 aromatic heterocycles. The number of rotatable bonds is 3. The van der Waals surface area contributed by atoms with Gasteiger partial charge in [-0.2, -0.15) is 0 Å². The van der Waals surface area contributed by atoms with Crippen LogP contribution in [0.1, 0.15) is 18.8 Å². The maximum atomic E-state index is 13.7. The fourth-order valence-corrected chi connectivity index (χ4v) is 2.43. The average molecular weight is 269 g/mol. The number of halogens is 1. The zero-order chi connectivity index (χ0) is 14.1. The number of imidazole rings is 1. The van der Waals surface area contributed by atoms with Gasteiger partial charge >= 0.3 is 0 Å². The quantitative estimate of drug-likeness (QED) is 0.782. The summed E-state index contributed by atoms with van der Waals surface area (Å²) in [5, 5.41) is 3.17. The van der Waals surface area contributed by atoms with E-state index in [2.05, 4.69) is 10.3 Å². The van der Waals surface area contributed by atoms with Crippen molar-refractivity contribution in [1.82, 2.24) is 9.55 Å². The molecule has 0 aliphatic carbocycles. The molecule has 4 heteroatoms. The summed E-state index contributed by atoms with van der Waals surface area (Å²) in [6.07, 6.45) is 0. The summed E-state index contributed by atoms with van der Waals surface area (Å²) < 4.78 is 15.7. The van der Waals surface area contributed by atoms with Gasteiger partial charge < -0.3 is 9.88 Å². The zero-order valence-electron chi connectivity index (χ0n) is 11.5. The van der Waals surface area contributed by atoms with Crippen molar-refractivity contribution >= 4 is 16.7 Å². The average Bonchev–Trinajstić information content (AvgIpc) is 2.79. The Morgan fingerprint density at radius 1 is 1.10 bits per heavy atom. The van der Waals surface area contributed by atoms with E-state index in [9.17, 15) is 4.39 Å². The number of aromatic nitrogens is 2. The molecule has 0 spiro atoms. The smallest absolute Gasteiger partial charge is 0.146 e. The molecule has 0 saturated carbocycles. The van der Waals surface area contributed by atoms with E-state index in [0.717, 1.165) is 16.9 Å². The summed E-state index contributed by atoms with van der Waals surface area (Å²) in [6.45, 7) is 1.98. The molecule has 20 heavy (non-hydrogen) atoms. The zero-order valence-corrected chi connectivity index (χ0v) is 11.5. The SMILES string of the molecule is CC(Nc1ccccc1F)c1nc2ccccc2n1C. The molecule has 0 amide bonds. The minimum atomic E-state index is -0.252. The first-order valence-electron chi connectivity index (χ1n) is 6.59. The summed E-state index contributed by atoms with van der Waals surface area (Å²) in [4.78, 5) is 4.62. The number of hydrogen-bond donors (Lipinski definition) is 1. The van der Waals surface area contributed by atoms with Crippen LogP contribution in [-0.2, 0) is 7.05 Å². The minimum absolute atomic E-state index is 0.0794. The number of nitrogens with zero attached hydrogens (tertiary/aromatic N) is 2. The van der Waals surface area contributed by atoms with Crippen molar-refractivity contribution in [3.8, 4) is 0 Å². The number of benzene rings is 2. The second-order valence-electron chi connectivity index (χ2n) is 4.86. The standard InChI is InChI=1S/C16H16FN3/c1-11(18-13-8-4-3-7-12(13)17)16-19-14-9-5-6-10-15(14)20(16)2/h3-11,18H,1-2H3. The highest BCUT2D eigenvalue weighted by Gasteiger charge is 2.15. The van der Waals surface area contributed by atoms with Gasteiger partial charge in [-0.3, -0.25) is 0 Å². The number of aryl methyl sites for hydroxylation is 1. The van der Waals surface area contributed by atoms with Crippen LogP contribution in [0.3, 0.4) is 0 Å². The number of para-hydroxylation sites is 3. The van der Waals surface area contributed by atoms with E-state index in [1.54, 1.807) is 12.1 Å². The first kappa shape index (κ1) is 12.7. The maximum Gasteiger partial charge on any atom is 0.146 e. The van der Waals surface area contributed by atoms with Gasteiger partial charge in [0.1, 0.15) is 11.6 Å². The summed E-state index contributed by atoms with van der Waals surface area (Å²) in [6, 6.07) is 14.6. The second kappa shape index (κ2) is 4.96. The van der Waals surface area contributed by atoms with Crippen LogP contribution in [0.25, 0.3) is 11.0 Å². The molecule has 3 rings (SSSR count). The Morgan fingerprint density at radius 2 is 1.80 bits per heavy atom. The monoisotopic (exact) mass is 269 g/mol. The lowest BCUT2D eigenvalue weighted by molar-refractivity contribution is 0.624. The van der Waals surface area contributed by atoms with Crippen molar-refractivity contribution in [2.45, 2.75) is 13.0 Å². The van der Waals surface area contributed by atoms with Gasteiger partial charge in [-0.15, -0.1) is 0 Å². The molecule has 0 fully saturated rings. The van der Waals surface area contributed by atoms with Crippen LogP contribution < -0.4 is 5.32 Å². The predicted octanol–water partition coefficient (Wildman–Crippen LogP) is 3.89. The van der Waals surface area contributed by atoms with Gasteiger partial charge in [0.2, 0.25) is 0 Å². The van der Waals surface area contributed by atoms with Crippen molar-refractivity contribution in [1.29, 1.82) is 0 Å².